The number of aromatic nitrogens is 2. The van der Waals surface area contributed by atoms with Crippen LogP contribution in [0.3, 0.4) is 0 Å². The van der Waals surface area contributed by atoms with Crippen LogP contribution in [0, 0.1) is 5.92 Å². The number of nitrogens with zero attached hydrogens (tertiary/aromatic N) is 3. The SMILES string of the molecule is CCC1CCCCN1C(=O)c1ccc2c(c1)nc(C(C)(C)C)n2CC1CCC(F)(F)CC1. The van der Waals surface area contributed by atoms with Gasteiger partial charge in [-0.2, -0.15) is 0 Å². The zero-order valence-corrected chi connectivity index (χ0v) is 20.0. The Morgan fingerprint density at radius 3 is 2.53 bits per heavy atom. The lowest BCUT2D eigenvalue weighted by atomic mass is 9.86. The summed E-state index contributed by atoms with van der Waals surface area (Å²) in [5.41, 5.74) is 2.34. The molecule has 0 spiro atoms. The van der Waals surface area contributed by atoms with Gasteiger partial charge >= 0.3 is 0 Å². The van der Waals surface area contributed by atoms with Gasteiger partial charge in [0.15, 0.2) is 0 Å². The monoisotopic (exact) mass is 445 g/mol. The van der Waals surface area contributed by atoms with Gasteiger partial charge in [-0.25, -0.2) is 13.8 Å². The zero-order chi connectivity index (χ0) is 23.1. The normalized spacial score (nSPS) is 22.4. The molecule has 32 heavy (non-hydrogen) atoms. The van der Waals surface area contributed by atoms with E-state index in [4.69, 9.17) is 4.98 Å². The molecule has 2 heterocycles. The summed E-state index contributed by atoms with van der Waals surface area (Å²) in [6.45, 7) is 10.1. The van der Waals surface area contributed by atoms with E-state index in [1.165, 1.54) is 6.42 Å². The van der Waals surface area contributed by atoms with E-state index in [0.717, 1.165) is 42.7 Å². The quantitative estimate of drug-likeness (QED) is 0.534. The molecule has 1 atom stereocenters. The Bertz CT molecular complexity index is 965. The molecule has 1 unspecified atom stereocenters. The van der Waals surface area contributed by atoms with Crippen molar-refractivity contribution in [1.82, 2.24) is 14.5 Å². The van der Waals surface area contributed by atoms with Gasteiger partial charge in [0.05, 0.1) is 11.0 Å². The number of carbonyl (C=O) groups is 1. The Balaban J connectivity index is 1.65. The summed E-state index contributed by atoms with van der Waals surface area (Å²) in [6.07, 6.45) is 5.34. The summed E-state index contributed by atoms with van der Waals surface area (Å²) in [4.78, 5) is 20.3. The summed E-state index contributed by atoms with van der Waals surface area (Å²) in [6, 6.07) is 6.18. The number of likely N-dealkylation sites (tertiary alicyclic amines) is 1. The van der Waals surface area contributed by atoms with Gasteiger partial charge in [-0.15, -0.1) is 0 Å². The number of rotatable bonds is 4. The van der Waals surface area contributed by atoms with Crippen molar-refractivity contribution in [1.29, 1.82) is 0 Å². The molecule has 2 aromatic rings. The highest BCUT2D eigenvalue weighted by atomic mass is 19.3. The number of carbonyl (C=O) groups excluding carboxylic acids is 1. The van der Waals surface area contributed by atoms with Crippen molar-refractivity contribution in [2.45, 2.75) is 103 Å². The average Bonchev–Trinajstić information content (AvgIpc) is 3.12. The second-order valence-electron chi connectivity index (χ2n) is 10.9. The van der Waals surface area contributed by atoms with E-state index >= 15 is 0 Å². The van der Waals surface area contributed by atoms with Crippen LogP contribution in [0.15, 0.2) is 18.2 Å². The van der Waals surface area contributed by atoms with Gasteiger partial charge < -0.3 is 9.47 Å². The lowest BCUT2D eigenvalue weighted by Crippen LogP contribution is -2.43. The van der Waals surface area contributed by atoms with Gasteiger partial charge in [-0.3, -0.25) is 4.79 Å². The van der Waals surface area contributed by atoms with Gasteiger partial charge in [0.1, 0.15) is 5.82 Å². The molecule has 0 N–H and O–H groups in total. The molecular weight excluding hydrogens is 408 g/mol. The van der Waals surface area contributed by atoms with E-state index in [0.29, 0.717) is 31.0 Å². The van der Waals surface area contributed by atoms with Crippen LogP contribution < -0.4 is 0 Å². The summed E-state index contributed by atoms with van der Waals surface area (Å²) in [5.74, 6) is -1.23. The number of hydrogen-bond donors (Lipinski definition) is 0. The van der Waals surface area contributed by atoms with E-state index < -0.39 is 5.92 Å². The first-order valence-electron chi connectivity index (χ1n) is 12.3. The van der Waals surface area contributed by atoms with Gasteiger partial charge in [0.25, 0.3) is 5.91 Å². The molecule has 1 amide bonds. The topological polar surface area (TPSA) is 38.1 Å². The van der Waals surface area contributed by atoms with Crippen molar-refractivity contribution in [3.8, 4) is 0 Å². The van der Waals surface area contributed by atoms with E-state index in [2.05, 4.69) is 32.3 Å². The molecular formula is C26H37F2N3O. The number of imidazole rings is 1. The molecule has 1 saturated carbocycles. The maximum absolute atomic E-state index is 13.6. The maximum atomic E-state index is 13.6. The van der Waals surface area contributed by atoms with Gasteiger partial charge in [0, 0.05) is 43.0 Å². The number of hydrogen-bond acceptors (Lipinski definition) is 2. The molecule has 1 aliphatic carbocycles. The highest BCUT2D eigenvalue weighted by Gasteiger charge is 2.36. The van der Waals surface area contributed by atoms with Gasteiger partial charge in [-0.05, 0) is 62.6 Å². The third-order valence-corrected chi connectivity index (χ3v) is 7.30. The number of fused-ring (bicyclic) bond motifs is 1. The van der Waals surface area contributed by atoms with Crippen molar-refractivity contribution in [2.75, 3.05) is 6.54 Å². The lowest BCUT2D eigenvalue weighted by Gasteiger charge is -2.35. The van der Waals surface area contributed by atoms with E-state index in [-0.39, 0.29) is 30.1 Å². The summed E-state index contributed by atoms with van der Waals surface area (Å²) >= 11 is 0. The van der Waals surface area contributed by atoms with E-state index in [1.807, 2.05) is 23.1 Å². The Morgan fingerprint density at radius 2 is 1.88 bits per heavy atom. The molecule has 2 aliphatic rings. The molecule has 2 fully saturated rings. The summed E-state index contributed by atoms with van der Waals surface area (Å²) in [7, 11) is 0. The Morgan fingerprint density at radius 1 is 1.16 bits per heavy atom. The van der Waals surface area contributed by atoms with E-state index in [1.54, 1.807) is 0 Å². The van der Waals surface area contributed by atoms with Crippen molar-refractivity contribution in [3.05, 3.63) is 29.6 Å². The molecule has 4 rings (SSSR count). The van der Waals surface area contributed by atoms with Crippen molar-refractivity contribution < 1.29 is 13.6 Å². The fourth-order valence-electron chi connectivity index (χ4n) is 5.42. The highest BCUT2D eigenvalue weighted by molar-refractivity contribution is 5.97. The Labute approximate surface area is 190 Å². The van der Waals surface area contributed by atoms with Crippen molar-refractivity contribution in [2.24, 2.45) is 5.92 Å². The van der Waals surface area contributed by atoms with Crippen LogP contribution in [0.2, 0.25) is 0 Å². The average molecular weight is 446 g/mol. The summed E-state index contributed by atoms with van der Waals surface area (Å²) < 4.78 is 29.5. The molecule has 1 aromatic heterocycles. The molecule has 6 heteroatoms. The lowest BCUT2D eigenvalue weighted by molar-refractivity contribution is -0.0473. The van der Waals surface area contributed by atoms with Crippen LogP contribution >= 0.6 is 0 Å². The van der Waals surface area contributed by atoms with Crippen LogP contribution in [-0.2, 0) is 12.0 Å². The smallest absolute Gasteiger partial charge is 0.254 e. The first-order valence-corrected chi connectivity index (χ1v) is 12.3. The first kappa shape index (κ1) is 23.2. The minimum Gasteiger partial charge on any atom is -0.336 e. The molecule has 4 nitrogen and oxygen atoms in total. The predicted molar refractivity (Wildman–Crippen MR) is 124 cm³/mol. The first-order chi connectivity index (χ1) is 15.1. The van der Waals surface area contributed by atoms with Crippen LogP contribution in [0.25, 0.3) is 11.0 Å². The van der Waals surface area contributed by atoms with Gasteiger partial charge in [0.2, 0.25) is 5.92 Å². The molecule has 176 valence electrons. The third kappa shape index (κ3) is 4.69. The van der Waals surface area contributed by atoms with Crippen molar-refractivity contribution >= 4 is 16.9 Å². The number of amides is 1. The van der Waals surface area contributed by atoms with E-state index in [9.17, 15) is 13.6 Å². The van der Waals surface area contributed by atoms with Crippen molar-refractivity contribution in [3.63, 3.8) is 0 Å². The number of piperidine rings is 1. The fraction of sp³-hybridized carbons (Fsp3) is 0.692. The molecule has 0 radical (unpaired) electrons. The number of benzene rings is 1. The highest BCUT2D eigenvalue weighted by Crippen LogP contribution is 2.38. The van der Waals surface area contributed by atoms with Crippen LogP contribution in [0.4, 0.5) is 8.78 Å². The van der Waals surface area contributed by atoms with Crippen LogP contribution in [0.5, 0.6) is 0 Å². The molecule has 1 aliphatic heterocycles. The predicted octanol–water partition coefficient (Wildman–Crippen LogP) is 6.56. The zero-order valence-electron chi connectivity index (χ0n) is 20.0. The van der Waals surface area contributed by atoms with Crippen LogP contribution in [0.1, 0.15) is 95.2 Å². The minimum absolute atomic E-state index is 0.0256. The summed E-state index contributed by atoms with van der Waals surface area (Å²) in [5, 5.41) is 0. The molecule has 1 aromatic carbocycles. The number of halogens is 2. The maximum Gasteiger partial charge on any atom is 0.254 e. The molecule has 1 saturated heterocycles. The second-order valence-corrected chi connectivity index (χ2v) is 10.9. The Hall–Kier alpha value is -1.98. The largest absolute Gasteiger partial charge is 0.336 e. The number of alkyl halides is 2. The fourth-order valence-corrected chi connectivity index (χ4v) is 5.42. The van der Waals surface area contributed by atoms with Crippen LogP contribution in [-0.4, -0.2) is 38.9 Å². The van der Waals surface area contributed by atoms with Gasteiger partial charge in [-0.1, -0.05) is 27.7 Å². The minimum atomic E-state index is -2.51. The second kappa shape index (κ2) is 8.75. The Kier molecular flexibility index (Phi) is 6.34. The standard InChI is InChI=1S/C26H37F2N3O/c1-5-20-8-6-7-15-30(20)23(32)19-9-10-22-21(16-19)29-24(25(2,3)4)31(22)17-18-11-13-26(27,28)14-12-18/h9-10,16,18,20H,5-8,11-15,17H2,1-4H3. The molecule has 0 bridgehead atoms. The third-order valence-electron chi connectivity index (χ3n) is 7.30.